The Morgan fingerprint density at radius 1 is 0.630 bits per heavy atom. The SMILES string of the molecule is C#Cc1cncc(C#C)c1.O=C(O)c1ccc(-n2cc(-c3cncc(-c4cn(-c5ccc(C(=O)O)c(O)c5)nn4)c3)nn2)cc1O. The van der Waals surface area contributed by atoms with Gasteiger partial charge in [-0.05, 0) is 36.4 Å². The first-order valence-corrected chi connectivity index (χ1v) is 13.0. The van der Waals surface area contributed by atoms with E-state index in [2.05, 4.69) is 42.4 Å². The fraction of sp³-hybridized carbons (Fsp3) is 0. The lowest BCUT2D eigenvalue weighted by molar-refractivity contribution is 0.0682. The molecule has 0 unspecified atom stereocenters. The van der Waals surface area contributed by atoms with Crippen molar-refractivity contribution in [3.05, 3.63) is 108 Å². The van der Waals surface area contributed by atoms with E-state index in [4.69, 9.17) is 23.1 Å². The second-order valence-electron chi connectivity index (χ2n) is 9.32. The fourth-order valence-corrected chi connectivity index (χ4v) is 4.05. The van der Waals surface area contributed by atoms with E-state index in [1.54, 1.807) is 49.3 Å². The van der Waals surface area contributed by atoms with E-state index in [1.165, 1.54) is 45.8 Å². The highest BCUT2D eigenvalue weighted by molar-refractivity contribution is 5.91. The molecule has 0 atom stereocenters. The average molecular weight is 613 g/mol. The number of rotatable bonds is 6. The number of carboxylic acid groups (broad SMARTS) is 2. The van der Waals surface area contributed by atoms with E-state index in [1.807, 2.05) is 0 Å². The zero-order valence-corrected chi connectivity index (χ0v) is 23.4. The molecule has 0 amide bonds. The summed E-state index contributed by atoms with van der Waals surface area (Å²) in [6.07, 6.45) is 19.8. The second-order valence-corrected chi connectivity index (χ2v) is 9.32. The molecule has 0 fully saturated rings. The lowest BCUT2D eigenvalue weighted by Crippen LogP contribution is -1.99. The van der Waals surface area contributed by atoms with Crippen LogP contribution in [0, 0.1) is 24.7 Å². The number of carbonyl (C=O) groups is 2. The van der Waals surface area contributed by atoms with Gasteiger partial charge in [0.05, 0.1) is 23.8 Å². The van der Waals surface area contributed by atoms with Gasteiger partial charge < -0.3 is 20.4 Å². The van der Waals surface area contributed by atoms with E-state index in [0.717, 1.165) is 11.1 Å². The molecule has 0 aliphatic carbocycles. The summed E-state index contributed by atoms with van der Waals surface area (Å²) in [5.41, 5.74) is 3.98. The van der Waals surface area contributed by atoms with Crippen molar-refractivity contribution in [1.29, 1.82) is 0 Å². The predicted molar refractivity (Wildman–Crippen MR) is 162 cm³/mol. The van der Waals surface area contributed by atoms with Crippen LogP contribution in [0.5, 0.6) is 11.5 Å². The zero-order chi connectivity index (χ0) is 32.8. The molecule has 4 aromatic heterocycles. The van der Waals surface area contributed by atoms with Crippen molar-refractivity contribution in [3.63, 3.8) is 0 Å². The van der Waals surface area contributed by atoms with Crippen LogP contribution in [-0.4, -0.2) is 72.3 Å². The lowest BCUT2D eigenvalue weighted by Gasteiger charge is -2.04. The van der Waals surface area contributed by atoms with Crippen molar-refractivity contribution in [2.75, 3.05) is 0 Å². The van der Waals surface area contributed by atoms with Crippen molar-refractivity contribution < 1.29 is 30.0 Å². The predicted octanol–water partition coefficient (Wildman–Crippen LogP) is 3.43. The van der Waals surface area contributed by atoms with Gasteiger partial charge in [-0.3, -0.25) is 9.97 Å². The van der Waals surface area contributed by atoms with Gasteiger partial charge in [0.25, 0.3) is 0 Å². The summed E-state index contributed by atoms with van der Waals surface area (Å²) in [7, 11) is 0. The van der Waals surface area contributed by atoms with Crippen LogP contribution < -0.4 is 0 Å². The van der Waals surface area contributed by atoms with Gasteiger partial charge in [-0.2, -0.15) is 0 Å². The summed E-state index contributed by atoms with van der Waals surface area (Å²) in [5, 5.41) is 54.3. The van der Waals surface area contributed by atoms with Crippen LogP contribution in [0.2, 0.25) is 0 Å². The summed E-state index contributed by atoms with van der Waals surface area (Å²) >= 11 is 0. The maximum atomic E-state index is 11.1. The highest BCUT2D eigenvalue weighted by Crippen LogP contribution is 2.26. The Labute approximate surface area is 259 Å². The molecule has 0 bridgehead atoms. The standard InChI is InChI=1S/C23H15N7O6.C9H5N/c31-20-6-14(1-3-16(20)22(33)34)29-10-18(25-27-29)12-5-13(9-24-8-12)19-11-30(28-26-19)15-2-4-17(23(35)36)21(32)7-15;1-3-8-5-9(4-2)7-10-6-8/h1-11,31-32H,(H,33,34)(H,35,36);1-2,5-7H. The molecular weight excluding hydrogens is 592 g/mol. The number of nitrogens with zero attached hydrogens (tertiary/aromatic N) is 8. The molecule has 6 aromatic rings. The highest BCUT2D eigenvalue weighted by Gasteiger charge is 2.15. The molecule has 2 aromatic carbocycles. The molecule has 4 heterocycles. The molecule has 224 valence electrons. The molecule has 0 saturated carbocycles. The Hall–Kier alpha value is -7.32. The van der Waals surface area contributed by atoms with Gasteiger partial charge >= 0.3 is 11.9 Å². The quantitative estimate of drug-likeness (QED) is 0.200. The number of pyridine rings is 2. The third-order valence-corrected chi connectivity index (χ3v) is 6.34. The van der Waals surface area contributed by atoms with E-state index < -0.39 is 23.4 Å². The summed E-state index contributed by atoms with van der Waals surface area (Å²) in [5.74, 6) is 1.61. The Bertz CT molecular complexity index is 2050. The number of hydrogen-bond donors (Lipinski definition) is 4. The Morgan fingerprint density at radius 3 is 1.46 bits per heavy atom. The van der Waals surface area contributed by atoms with E-state index in [-0.39, 0.29) is 11.1 Å². The number of aromatic carboxylic acids is 2. The van der Waals surface area contributed by atoms with Crippen LogP contribution in [0.25, 0.3) is 33.9 Å². The molecular formula is C32H20N8O6. The van der Waals surface area contributed by atoms with Crippen molar-refractivity contribution in [2.45, 2.75) is 0 Å². The van der Waals surface area contributed by atoms with E-state index >= 15 is 0 Å². The number of carboxylic acids is 2. The van der Waals surface area contributed by atoms with Crippen LogP contribution in [0.1, 0.15) is 31.8 Å². The largest absolute Gasteiger partial charge is 0.507 e. The topological polar surface area (TPSA) is 202 Å². The number of phenols is 2. The molecule has 6 rings (SSSR count). The molecule has 0 radical (unpaired) electrons. The van der Waals surface area contributed by atoms with E-state index in [0.29, 0.717) is 33.9 Å². The Balaban J connectivity index is 0.000000356. The number of terminal acetylenes is 2. The van der Waals surface area contributed by atoms with Crippen LogP contribution in [0.15, 0.2) is 85.7 Å². The van der Waals surface area contributed by atoms with Crippen molar-refractivity contribution in [2.24, 2.45) is 0 Å². The highest BCUT2D eigenvalue weighted by atomic mass is 16.4. The van der Waals surface area contributed by atoms with Crippen molar-refractivity contribution >= 4 is 11.9 Å². The number of hydrogen-bond acceptors (Lipinski definition) is 10. The van der Waals surface area contributed by atoms with Gasteiger partial charge in [0.15, 0.2) is 0 Å². The smallest absolute Gasteiger partial charge is 0.339 e. The fourth-order valence-electron chi connectivity index (χ4n) is 4.05. The van der Waals surface area contributed by atoms with E-state index in [9.17, 15) is 19.8 Å². The molecule has 46 heavy (non-hydrogen) atoms. The number of benzene rings is 2. The average Bonchev–Trinajstić information content (AvgIpc) is 3.76. The van der Waals surface area contributed by atoms with Crippen LogP contribution in [0.3, 0.4) is 0 Å². The normalized spacial score (nSPS) is 10.2. The molecule has 0 aliphatic heterocycles. The summed E-state index contributed by atoms with van der Waals surface area (Å²) in [4.78, 5) is 30.3. The van der Waals surface area contributed by atoms with Crippen LogP contribution >= 0.6 is 0 Å². The Kier molecular flexibility index (Phi) is 8.46. The lowest BCUT2D eigenvalue weighted by atomic mass is 10.1. The van der Waals surface area contributed by atoms with Crippen molar-refractivity contribution in [1.82, 2.24) is 40.0 Å². The van der Waals surface area contributed by atoms with Crippen molar-refractivity contribution in [3.8, 4) is 70.1 Å². The summed E-state index contributed by atoms with van der Waals surface area (Å²) in [6, 6.07) is 11.6. The third kappa shape index (κ3) is 6.51. The van der Waals surface area contributed by atoms with Gasteiger partial charge in [0.1, 0.15) is 34.0 Å². The Morgan fingerprint density at radius 2 is 1.07 bits per heavy atom. The molecule has 0 spiro atoms. The first-order valence-electron chi connectivity index (χ1n) is 13.0. The minimum absolute atomic E-state index is 0.225. The molecule has 0 saturated heterocycles. The first kappa shape index (κ1) is 30.1. The third-order valence-electron chi connectivity index (χ3n) is 6.34. The number of aromatic hydroxyl groups is 2. The van der Waals surface area contributed by atoms with Gasteiger partial charge in [-0.15, -0.1) is 23.0 Å². The monoisotopic (exact) mass is 612 g/mol. The zero-order valence-electron chi connectivity index (χ0n) is 23.4. The molecule has 14 heteroatoms. The molecule has 4 N–H and O–H groups in total. The van der Waals surface area contributed by atoms with Crippen LogP contribution in [-0.2, 0) is 0 Å². The van der Waals surface area contributed by atoms with Gasteiger partial charge in [-0.25, -0.2) is 19.0 Å². The minimum Gasteiger partial charge on any atom is -0.507 e. The maximum absolute atomic E-state index is 11.1. The maximum Gasteiger partial charge on any atom is 0.339 e. The minimum atomic E-state index is -1.24. The van der Waals surface area contributed by atoms with Gasteiger partial charge in [-0.1, -0.05) is 22.3 Å². The summed E-state index contributed by atoms with van der Waals surface area (Å²) in [6.45, 7) is 0. The second kappa shape index (κ2) is 12.9. The summed E-state index contributed by atoms with van der Waals surface area (Å²) < 4.78 is 2.77. The van der Waals surface area contributed by atoms with Gasteiger partial charge in [0.2, 0.25) is 0 Å². The molecule has 0 aliphatic rings. The molecule has 14 nitrogen and oxygen atoms in total. The number of aromatic nitrogens is 8. The van der Waals surface area contributed by atoms with Gasteiger partial charge in [0, 0.05) is 59.2 Å². The first-order chi connectivity index (χ1) is 22.2. The van der Waals surface area contributed by atoms with Crippen LogP contribution in [0.4, 0.5) is 0 Å².